The van der Waals surface area contributed by atoms with Gasteiger partial charge in [-0.2, -0.15) is 0 Å². The Labute approximate surface area is 154 Å². The predicted molar refractivity (Wildman–Crippen MR) is 104 cm³/mol. The molecular formula is C23H23NO2. The van der Waals surface area contributed by atoms with E-state index in [9.17, 15) is 4.79 Å². The first-order valence-corrected chi connectivity index (χ1v) is 9.08. The van der Waals surface area contributed by atoms with Crippen molar-refractivity contribution in [2.24, 2.45) is 0 Å². The number of esters is 1. The summed E-state index contributed by atoms with van der Waals surface area (Å²) < 4.78 is 6.11. The van der Waals surface area contributed by atoms with Crippen LogP contribution in [0.15, 0.2) is 66.7 Å². The summed E-state index contributed by atoms with van der Waals surface area (Å²) in [5.74, 6) is -0.261. The third-order valence-electron chi connectivity index (χ3n) is 5.31. The molecule has 3 nitrogen and oxygen atoms in total. The number of rotatable bonds is 3. The summed E-state index contributed by atoms with van der Waals surface area (Å²) in [4.78, 5) is 15.0. The summed E-state index contributed by atoms with van der Waals surface area (Å²) in [5.41, 5.74) is 3.04. The molecule has 3 aromatic carbocycles. The van der Waals surface area contributed by atoms with Crippen LogP contribution >= 0.6 is 0 Å². The smallest absolute Gasteiger partial charge is 0.338 e. The number of hydrogen-bond donors (Lipinski definition) is 0. The molecule has 3 aromatic rings. The fourth-order valence-electron chi connectivity index (χ4n) is 3.97. The molecule has 4 rings (SSSR count). The Morgan fingerprint density at radius 3 is 2.46 bits per heavy atom. The molecule has 0 aliphatic heterocycles. The molecule has 0 spiro atoms. The van der Waals surface area contributed by atoms with Crippen LogP contribution in [0.3, 0.4) is 0 Å². The predicted octanol–water partition coefficient (Wildman–Crippen LogP) is 4.61. The molecule has 0 radical (unpaired) electrons. The topological polar surface area (TPSA) is 29.5 Å². The monoisotopic (exact) mass is 345 g/mol. The van der Waals surface area contributed by atoms with E-state index in [0.717, 1.165) is 18.4 Å². The summed E-state index contributed by atoms with van der Waals surface area (Å²) in [7, 11) is 4.12. The minimum atomic E-state index is -0.271. The average molecular weight is 345 g/mol. The third-order valence-corrected chi connectivity index (χ3v) is 5.31. The maximum Gasteiger partial charge on any atom is 0.338 e. The van der Waals surface area contributed by atoms with Crippen molar-refractivity contribution in [2.75, 3.05) is 14.1 Å². The second kappa shape index (κ2) is 6.93. The summed E-state index contributed by atoms with van der Waals surface area (Å²) in [6.45, 7) is 0. The van der Waals surface area contributed by atoms with Crippen molar-refractivity contribution in [3.63, 3.8) is 0 Å². The standard InChI is InChI=1S/C23H23NO2/c1-24(2)20-15-14-17-13-12-16-8-6-7-11-19(16)21(17)22(20)26-23(25)18-9-4-3-5-10-18/h3-13,20,22H,14-15H2,1-2H3/t20-,22+/m1/s1. The van der Waals surface area contributed by atoms with E-state index in [1.165, 1.54) is 16.3 Å². The zero-order valence-corrected chi connectivity index (χ0v) is 15.2. The Morgan fingerprint density at radius 2 is 1.69 bits per heavy atom. The lowest BCUT2D eigenvalue weighted by molar-refractivity contribution is 0.00121. The van der Waals surface area contributed by atoms with Gasteiger partial charge >= 0.3 is 5.97 Å². The molecule has 0 saturated carbocycles. The molecule has 0 N–H and O–H groups in total. The molecule has 0 bridgehead atoms. The fourth-order valence-corrected chi connectivity index (χ4v) is 3.97. The van der Waals surface area contributed by atoms with E-state index in [1.807, 2.05) is 24.3 Å². The number of aryl methyl sites for hydroxylation is 1. The molecule has 1 aliphatic rings. The number of nitrogens with zero attached hydrogens (tertiary/aromatic N) is 1. The Morgan fingerprint density at radius 1 is 0.962 bits per heavy atom. The normalized spacial score (nSPS) is 19.3. The van der Waals surface area contributed by atoms with E-state index >= 15 is 0 Å². The van der Waals surface area contributed by atoms with Gasteiger partial charge in [-0.1, -0.05) is 54.6 Å². The van der Waals surface area contributed by atoms with E-state index in [1.54, 1.807) is 12.1 Å². The van der Waals surface area contributed by atoms with Crippen LogP contribution in [-0.4, -0.2) is 31.0 Å². The van der Waals surface area contributed by atoms with Gasteiger partial charge in [0.05, 0.1) is 11.6 Å². The molecule has 132 valence electrons. The van der Waals surface area contributed by atoms with Gasteiger partial charge in [0.15, 0.2) is 0 Å². The van der Waals surface area contributed by atoms with Crippen molar-refractivity contribution in [1.82, 2.24) is 4.90 Å². The van der Waals surface area contributed by atoms with Crippen molar-refractivity contribution < 1.29 is 9.53 Å². The number of fused-ring (bicyclic) bond motifs is 3. The highest BCUT2D eigenvalue weighted by Crippen LogP contribution is 2.39. The fraction of sp³-hybridized carbons (Fsp3) is 0.261. The number of ether oxygens (including phenoxy) is 1. The highest BCUT2D eigenvalue weighted by molar-refractivity contribution is 5.91. The van der Waals surface area contributed by atoms with Gasteiger partial charge in [0.2, 0.25) is 0 Å². The molecule has 1 aliphatic carbocycles. The summed E-state index contributed by atoms with van der Waals surface area (Å²) in [6.07, 6.45) is 1.71. The number of benzene rings is 3. The third kappa shape index (κ3) is 2.99. The molecule has 2 atom stereocenters. The Bertz CT molecular complexity index is 933. The van der Waals surface area contributed by atoms with E-state index in [2.05, 4.69) is 49.3 Å². The zero-order chi connectivity index (χ0) is 18.1. The quantitative estimate of drug-likeness (QED) is 0.649. The van der Waals surface area contributed by atoms with Gasteiger partial charge in [0, 0.05) is 5.56 Å². The van der Waals surface area contributed by atoms with E-state index in [0.29, 0.717) is 5.56 Å². The molecule has 26 heavy (non-hydrogen) atoms. The summed E-state index contributed by atoms with van der Waals surface area (Å²) >= 11 is 0. The lowest BCUT2D eigenvalue weighted by atomic mass is 9.82. The van der Waals surface area contributed by atoms with Crippen LogP contribution in [0.2, 0.25) is 0 Å². The van der Waals surface area contributed by atoms with Crippen molar-refractivity contribution in [3.05, 3.63) is 83.4 Å². The molecule has 0 saturated heterocycles. The van der Waals surface area contributed by atoms with Crippen LogP contribution in [0.25, 0.3) is 10.8 Å². The van der Waals surface area contributed by atoms with Crippen molar-refractivity contribution >= 4 is 16.7 Å². The number of hydrogen-bond acceptors (Lipinski definition) is 3. The van der Waals surface area contributed by atoms with Crippen LogP contribution < -0.4 is 0 Å². The highest BCUT2D eigenvalue weighted by atomic mass is 16.5. The van der Waals surface area contributed by atoms with Crippen molar-refractivity contribution in [1.29, 1.82) is 0 Å². The van der Waals surface area contributed by atoms with Gasteiger partial charge in [0.1, 0.15) is 6.10 Å². The maximum atomic E-state index is 12.8. The number of carbonyl (C=O) groups excluding carboxylic acids is 1. The average Bonchev–Trinajstić information content (AvgIpc) is 2.68. The Hall–Kier alpha value is -2.65. The van der Waals surface area contributed by atoms with Gasteiger partial charge < -0.3 is 9.64 Å². The van der Waals surface area contributed by atoms with E-state index < -0.39 is 0 Å². The van der Waals surface area contributed by atoms with Crippen LogP contribution in [0, 0.1) is 0 Å². The van der Waals surface area contributed by atoms with Crippen LogP contribution in [0.4, 0.5) is 0 Å². The van der Waals surface area contributed by atoms with Crippen LogP contribution in [0.1, 0.15) is 34.0 Å². The van der Waals surface area contributed by atoms with Crippen molar-refractivity contribution in [2.45, 2.75) is 25.0 Å². The van der Waals surface area contributed by atoms with Crippen LogP contribution in [0.5, 0.6) is 0 Å². The number of carbonyl (C=O) groups is 1. The lowest BCUT2D eigenvalue weighted by Crippen LogP contribution is -2.39. The minimum Gasteiger partial charge on any atom is -0.452 e. The molecule has 3 heteroatoms. The van der Waals surface area contributed by atoms with Gasteiger partial charge in [0.25, 0.3) is 0 Å². The first-order chi connectivity index (χ1) is 12.6. The Kier molecular flexibility index (Phi) is 4.48. The van der Waals surface area contributed by atoms with Gasteiger partial charge in [-0.3, -0.25) is 0 Å². The molecule has 0 fully saturated rings. The van der Waals surface area contributed by atoms with Crippen LogP contribution in [-0.2, 0) is 11.2 Å². The zero-order valence-electron chi connectivity index (χ0n) is 15.2. The molecule has 0 heterocycles. The Balaban J connectivity index is 1.80. The SMILES string of the molecule is CN(C)[C@@H]1CCc2ccc3ccccc3c2[C@H]1OC(=O)c1ccccc1. The second-order valence-electron chi connectivity index (χ2n) is 7.12. The van der Waals surface area contributed by atoms with Gasteiger partial charge in [-0.25, -0.2) is 4.79 Å². The maximum absolute atomic E-state index is 12.8. The largest absolute Gasteiger partial charge is 0.452 e. The number of likely N-dealkylation sites (N-methyl/N-ethyl adjacent to an activating group) is 1. The van der Waals surface area contributed by atoms with Crippen molar-refractivity contribution in [3.8, 4) is 0 Å². The highest BCUT2D eigenvalue weighted by Gasteiger charge is 2.35. The molecule has 0 aromatic heterocycles. The molecule has 0 amide bonds. The van der Waals surface area contributed by atoms with Gasteiger partial charge in [-0.05, 0) is 55.4 Å². The first kappa shape index (κ1) is 16.8. The van der Waals surface area contributed by atoms with E-state index in [4.69, 9.17) is 4.74 Å². The molecular weight excluding hydrogens is 322 g/mol. The summed E-state index contributed by atoms with van der Waals surface area (Å²) in [5, 5.41) is 2.37. The lowest BCUT2D eigenvalue weighted by Gasteiger charge is -2.37. The molecule has 0 unspecified atom stereocenters. The second-order valence-corrected chi connectivity index (χ2v) is 7.12. The summed E-state index contributed by atoms with van der Waals surface area (Å²) in [6, 6.07) is 22.1. The van der Waals surface area contributed by atoms with E-state index in [-0.39, 0.29) is 18.1 Å². The minimum absolute atomic E-state index is 0.168. The first-order valence-electron chi connectivity index (χ1n) is 9.08. The van der Waals surface area contributed by atoms with Gasteiger partial charge in [-0.15, -0.1) is 0 Å².